The molecule has 1 unspecified atom stereocenters. The number of nitrogens with zero attached hydrogens (tertiary/aromatic N) is 2. The molecule has 114 valence electrons. The molecule has 3 N–H and O–H groups in total. The van der Waals surface area contributed by atoms with Crippen molar-refractivity contribution in [2.24, 2.45) is 0 Å². The highest BCUT2D eigenvalue weighted by atomic mass is 32.2. The molecule has 1 heterocycles. The molecule has 0 bridgehead atoms. The smallest absolute Gasteiger partial charge is 0.326 e. The Morgan fingerprint density at radius 1 is 1.24 bits per heavy atom. The van der Waals surface area contributed by atoms with E-state index in [0.29, 0.717) is 16.5 Å². The number of carbonyl (C=O) groups is 3. The number of aliphatic carboxylic acids is 2. The summed E-state index contributed by atoms with van der Waals surface area (Å²) < 4.78 is 0. The fourth-order valence-electron chi connectivity index (χ4n) is 1.70. The molecule has 1 aromatic heterocycles. The third-order valence-corrected chi connectivity index (χ3v) is 3.25. The number of carboxylic acid groups (broad SMARTS) is 2. The Balaban J connectivity index is 3.08. The molecule has 1 atom stereocenters. The van der Waals surface area contributed by atoms with Gasteiger partial charge in [-0.1, -0.05) is 0 Å². The molecule has 21 heavy (non-hydrogen) atoms. The highest BCUT2D eigenvalue weighted by Gasteiger charge is 2.26. The maximum atomic E-state index is 12.2. The van der Waals surface area contributed by atoms with Crippen molar-refractivity contribution in [3.05, 3.63) is 17.1 Å². The maximum Gasteiger partial charge on any atom is 0.326 e. The number of aromatic nitrogens is 2. The predicted molar refractivity (Wildman–Crippen MR) is 74.4 cm³/mol. The van der Waals surface area contributed by atoms with Gasteiger partial charge in [0, 0.05) is 0 Å². The van der Waals surface area contributed by atoms with Gasteiger partial charge in [0.25, 0.3) is 5.91 Å². The monoisotopic (exact) mass is 313 g/mol. The van der Waals surface area contributed by atoms with Crippen LogP contribution in [0.5, 0.6) is 0 Å². The van der Waals surface area contributed by atoms with E-state index in [2.05, 4.69) is 15.3 Å². The zero-order valence-electron chi connectivity index (χ0n) is 11.7. The van der Waals surface area contributed by atoms with Crippen molar-refractivity contribution >= 4 is 29.6 Å². The lowest BCUT2D eigenvalue weighted by Crippen LogP contribution is -2.42. The van der Waals surface area contributed by atoms with E-state index in [4.69, 9.17) is 10.2 Å². The quantitative estimate of drug-likeness (QED) is 0.510. The minimum Gasteiger partial charge on any atom is -0.481 e. The molecule has 0 saturated heterocycles. The van der Waals surface area contributed by atoms with Gasteiger partial charge in [-0.05, 0) is 20.1 Å². The number of thioether (sulfide) groups is 1. The lowest BCUT2D eigenvalue weighted by molar-refractivity contribution is -0.145. The van der Waals surface area contributed by atoms with Crippen molar-refractivity contribution in [2.75, 3.05) is 6.26 Å². The highest BCUT2D eigenvalue weighted by molar-refractivity contribution is 7.98. The number of carboxylic acids is 2. The molecule has 0 fully saturated rings. The Bertz CT molecular complexity index is 591. The average Bonchev–Trinajstić information content (AvgIpc) is 2.35. The lowest BCUT2D eigenvalue weighted by atomic mass is 10.1. The molecule has 1 rings (SSSR count). The third-order valence-electron chi connectivity index (χ3n) is 2.57. The van der Waals surface area contributed by atoms with Gasteiger partial charge in [0.2, 0.25) is 0 Å². The summed E-state index contributed by atoms with van der Waals surface area (Å²) in [5.41, 5.74) is 0.563. The van der Waals surface area contributed by atoms with Gasteiger partial charge in [-0.2, -0.15) is 0 Å². The van der Waals surface area contributed by atoms with E-state index in [-0.39, 0.29) is 5.56 Å². The van der Waals surface area contributed by atoms with Crippen LogP contribution < -0.4 is 5.32 Å². The number of carbonyl (C=O) groups excluding carboxylic acids is 1. The van der Waals surface area contributed by atoms with Gasteiger partial charge in [0.05, 0.1) is 17.7 Å². The summed E-state index contributed by atoms with van der Waals surface area (Å²) in [5.74, 6) is -2.94. The molecule has 0 aliphatic heterocycles. The summed E-state index contributed by atoms with van der Waals surface area (Å²) in [6.07, 6.45) is 1.02. The lowest BCUT2D eigenvalue weighted by Gasteiger charge is -2.15. The topological polar surface area (TPSA) is 129 Å². The summed E-state index contributed by atoms with van der Waals surface area (Å²) in [4.78, 5) is 42.0. The van der Waals surface area contributed by atoms with E-state index in [1.54, 1.807) is 20.1 Å². The molecule has 0 radical (unpaired) electrons. The van der Waals surface area contributed by atoms with E-state index >= 15 is 0 Å². The number of amides is 1. The normalized spacial score (nSPS) is 11.8. The largest absolute Gasteiger partial charge is 0.481 e. The van der Waals surface area contributed by atoms with Crippen molar-refractivity contribution in [1.29, 1.82) is 0 Å². The van der Waals surface area contributed by atoms with Gasteiger partial charge in [-0.15, -0.1) is 11.8 Å². The predicted octanol–water partition coefficient (Wildman–Crippen LogP) is 0.473. The van der Waals surface area contributed by atoms with Crippen molar-refractivity contribution < 1.29 is 24.6 Å². The maximum absolute atomic E-state index is 12.2. The highest BCUT2D eigenvalue weighted by Crippen LogP contribution is 2.20. The average molecular weight is 313 g/mol. The zero-order valence-corrected chi connectivity index (χ0v) is 12.5. The van der Waals surface area contributed by atoms with Crippen LogP contribution in [-0.2, 0) is 9.59 Å². The first-order valence-corrected chi connectivity index (χ1v) is 7.13. The van der Waals surface area contributed by atoms with Gasteiger partial charge < -0.3 is 15.5 Å². The molecular formula is C12H15N3O5S. The molecule has 0 aliphatic carbocycles. The fraction of sp³-hybridized carbons (Fsp3) is 0.417. The van der Waals surface area contributed by atoms with Gasteiger partial charge in [0.1, 0.15) is 16.9 Å². The summed E-state index contributed by atoms with van der Waals surface area (Å²) in [6, 6.07) is -1.51. The standard InChI is InChI=1S/C12H15N3O5S/c1-5-9(11(21-3)14-6(2)13-5)10(18)15-7(12(19)20)4-8(16)17/h7H,4H2,1-3H3,(H,15,18)(H,16,17)(H,19,20). The summed E-state index contributed by atoms with van der Waals surface area (Å²) in [7, 11) is 0. The Morgan fingerprint density at radius 2 is 1.86 bits per heavy atom. The minimum atomic E-state index is -1.51. The molecule has 0 spiro atoms. The minimum absolute atomic E-state index is 0.157. The van der Waals surface area contributed by atoms with Crippen molar-refractivity contribution in [1.82, 2.24) is 15.3 Å². The van der Waals surface area contributed by atoms with Crippen LogP contribution in [0.1, 0.15) is 28.3 Å². The zero-order chi connectivity index (χ0) is 16.2. The van der Waals surface area contributed by atoms with Gasteiger partial charge in [-0.3, -0.25) is 9.59 Å². The molecule has 1 aromatic rings. The third kappa shape index (κ3) is 4.42. The van der Waals surface area contributed by atoms with Crippen LogP contribution in [-0.4, -0.2) is 50.3 Å². The summed E-state index contributed by atoms with van der Waals surface area (Å²) in [5, 5.41) is 20.2. The summed E-state index contributed by atoms with van der Waals surface area (Å²) >= 11 is 1.23. The summed E-state index contributed by atoms with van der Waals surface area (Å²) in [6.45, 7) is 3.29. The molecule has 0 aliphatic rings. The molecule has 0 aromatic carbocycles. The number of hydrogen-bond donors (Lipinski definition) is 3. The Kier molecular flexibility index (Phi) is 5.65. The first-order valence-electron chi connectivity index (χ1n) is 5.91. The molecule has 0 saturated carbocycles. The van der Waals surface area contributed by atoms with Crippen molar-refractivity contribution in [2.45, 2.75) is 31.3 Å². The van der Waals surface area contributed by atoms with Crippen LogP contribution in [0.2, 0.25) is 0 Å². The van der Waals surface area contributed by atoms with E-state index in [0.717, 1.165) is 0 Å². The van der Waals surface area contributed by atoms with Crippen molar-refractivity contribution in [3.63, 3.8) is 0 Å². The van der Waals surface area contributed by atoms with Gasteiger partial charge in [-0.25, -0.2) is 14.8 Å². The molecule has 9 heteroatoms. The van der Waals surface area contributed by atoms with E-state index in [9.17, 15) is 14.4 Å². The number of nitrogens with one attached hydrogen (secondary N) is 1. The fourth-order valence-corrected chi connectivity index (χ4v) is 2.36. The number of hydrogen-bond acceptors (Lipinski definition) is 6. The van der Waals surface area contributed by atoms with Crippen LogP contribution >= 0.6 is 11.8 Å². The van der Waals surface area contributed by atoms with Crippen LogP contribution in [0.3, 0.4) is 0 Å². The van der Waals surface area contributed by atoms with Crippen LogP contribution in [0.4, 0.5) is 0 Å². The first-order chi connectivity index (χ1) is 9.76. The van der Waals surface area contributed by atoms with Crippen molar-refractivity contribution in [3.8, 4) is 0 Å². The van der Waals surface area contributed by atoms with E-state index < -0.39 is 30.3 Å². The second-order valence-corrected chi connectivity index (χ2v) is 5.00. The first kappa shape index (κ1) is 16.9. The van der Waals surface area contributed by atoms with Crippen LogP contribution in [0.15, 0.2) is 5.03 Å². The van der Waals surface area contributed by atoms with Gasteiger partial charge in [0.15, 0.2) is 0 Å². The Hall–Kier alpha value is -2.16. The van der Waals surface area contributed by atoms with E-state index in [1.807, 2.05) is 0 Å². The SMILES string of the molecule is CSc1nc(C)nc(C)c1C(=O)NC(CC(=O)O)C(=O)O. The van der Waals surface area contributed by atoms with Gasteiger partial charge >= 0.3 is 11.9 Å². The second-order valence-electron chi connectivity index (χ2n) is 4.20. The number of aryl methyl sites for hydroxylation is 2. The van der Waals surface area contributed by atoms with Crippen LogP contribution in [0.25, 0.3) is 0 Å². The Morgan fingerprint density at radius 3 is 2.33 bits per heavy atom. The molecular weight excluding hydrogens is 298 g/mol. The Labute approximate surface area is 125 Å². The molecule has 1 amide bonds. The molecule has 8 nitrogen and oxygen atoms in total. The van der Waals surface area contributed by atoms with Crippen LogP contribution in [0, 0.1) is 13.8 Å². The number of rotatable bonds is 6. The van der Waals surface area contributed by atoms with E-state index in [1.165, 1.54) is 11.8 Å². The second kappa shape index (κ2) is 7.02.